The van der Waals surface area contributed by atoms with Crippen molar-refractivity contribution in [3.63, 3.8) is 0 Å². The van der Waals surface area contributed by atoms with E-state index in [0.29, 0.717) is 23.8 Å². The smallest absolute Gasteiger partial charge is 0.271 e. The van der Waals surface area contributed by atoms with Gasteiger partial charge in [0.2, 0.25) is 0 Å². The molecule has 0 aliphatic rings. The van der Waals surface area contributed by atoms with Crippen LogP contribution in [-0.4, -0.2) is 32.0 Å². The van der Waals surface area contributed by atoms with Crippen molar-refractivity contribution in [1.29, 1.82) is 0 Å². The highest BCUT2D eigenvalue weighted by Gasteiger charge is 2.13. The summed E-state index contributed by atoms with van der Waals surface area (Å²) in [5.41, 5.74) is 3.48. The first-order valence-corrected chi connectivity index (χ1v) is 10.8. The van der Waals surface area contributed by atoms with Crippen molar-refractivity contribution in [2.75, 3.05) is 6.54 Å². The van der Waals surface area contributed by atoms with Gasteiger partial charge in [-0.3, -0.25) is 9.48 Å². The number of nitrogens with zero attached hydrogens (tertiary/aromatic N) is 4. The molecule has 2 aromatic heterocycles. The van der Waals surface area contributed by atoms with E-state index in [1.165, 1.54) is 5.56 Å². The van der Waals surface area contributed by atoms with Crippen LogP contribution < -0.4 is 10.1 Å². The Balaban J connectivity index is 1.44. The average molecular weight is 444 g/mol. The molecule has 0 radical (unpaired) electrons. The van der Waals surface area contributed by atoms with E-state index in [1.54, 1.807) is 16.9 Å². The van der Waals surface area contributed by atoms with Gasteiger partial charge in [0.15, 0.2) is 6.73 Å². The molecule has 7 nitrogen and oxygen atoms in total. The second kappa shape index (κ2) is 9.56. The van der Waals surface area contributed by atoms with Crippen molar-refractivity contribution < 1.29 is 9.53 Å². The first-order chi connectivity index (χ1) is 14.6. The normalized spacial score (nSPS) is 11.5. The molecule has 0 aliphatic carbocycles. The number of amides is 1. The number of benzene rings is 1. The van der Waals surface area contributed by atoms with Gasteiger partial charge in [0.25, 0.3) is 5.91 Å². The molecule has 0 bridgehead atoms. The minimum atomic E-state index is -0.209. The zero-order chi connectivity index (χ0) is 22.6. The Kier molecular flexibility index (Phi) is 7.05. The number of rotatable bonds is 8. The van der Waals surface area contributed by atoms with Crippen molar-refractivity contribution in [1.82, 2.24) is 24.9 Å². The van der Waals surface area contributed by atoms with E-state index in [4.69, 9.17) is 16.3 Å². The lowest BCUT2D eigenvalue weighted by Crippen LogP contribution is -2.26. The van der Waals surface area contributed by atoms with Gasteiger partial charge in [-0.25, -0.2) is 4.68 Å². The van der Waals surface area contributed by atoms with Gasteiger partial charge < -0.3 is 10.1 Å². The summed E-state index contributed by atoms with van der Waals surface area (Å²) < 4.78 is 9.24. The third-order valence-electron chi connectivity index (χ3n) is 5.08. The lowest BCUT2D eigenvalue weighted by atomic mass is 9.87. The number of hydrogen-bond acceptors (Lipinski definition) is 4. The van der Waals surface area contributed by atoms with Crippen molar-refractivity contribution in [3.8, 4) is 5.75 Å². The van der Waals surface area contributed by atoms with Crippen LogP contribution in [0.1, 0.15) is 54.6 Å². The summed E-state index contributed by atoms with van der Waals surface area (Å²) in [6, 6.07) is 9.72. The number of aryl methyl sites for hydroxylation is 2. The molecule has 3 aromatic rings. The van der Waals surface area contributed by atoms with Crippen LogP contribution in [0, 0.1) is 13.8 Å². The summed E-state index contributed by atoms with van der Waals surface area (Å²) in [4.78, 5) is 12.3. The number of halogens is 1. The maximum absolute atomic E-state index is 12.3. The van der Waals surface area contributed by atoms with Crippen LogP contribution in [0.2, 0.25) is 5.02 Å². The minimum Gasteiger partial charge on any atom is -0.471 e. The number of hydrogen-bond donors (Lipinski definition) is 1. The lowest BCUT2D eigenvalue weighted by molar-refractivity contribution is 0.0945. The van der Waals surface area contributed by atoms with Crippen molar-refractivity contribution >= 4 is 17.5 Å². The highest BCUT2D eigenvalue weighted by Crippen LogP contribution is 2.24. The average Bonchev–Trinajstić information content (AvgIpc) is 3.30. The quantitative estimate of drug-likeness (QED) is 0.520. The zero-order valence-corrected chi connectivity index (χ0v) is 19.5. The third kappa shape index (κ3) is 5.88. The number of carbonyl (C=O) groups excluding carboxylic acids is 1. The fourth-order valence-corrected chi connectivity index (χ4v) is 3.30. The maximum atomic E-state index is 12.3. The second-order valence-corrected chi connectivity index (χ2v) is 8.98. The van der Waals surface area contributed by atoms with E-state index in [9.17, 15) is 4.79 Å². The molecule has 3 rings (SSSR count). The highest BCUT2D eigenvalue weighted by atomic mass is 35.5. The molecule has 1 aromatic carbocycles. The van der Waals surface area contributed by atoms with E-state index < -0.39 is 0 Å². The van der Waals surface area contributed by atoms with Crippen LogP contribution in [0.5, 0.6) is 5.75 Å². The largest absolute Gasteiger partial charge is 0.471 e. The Bertz CT molecular complexity index is 1030. The minimum absolute atomic E-state index is 0.103. The van der Waals surface area contributed by atoms with Crippen LogP contribution in [0.4, 0.5) is 0 Å². The van der Waals surface area contributed by atoms with Gasteiger partial charge in [0, 0.05) is 19.3 Å². The zero-order valence-electron chi connectivity index (χ0n) is 18.8. The van der Waals surface area contributed by atoms with Crippen LogP contribution in [0.15, 0.2) is 36.5 Å². The molecule has 0 aliphatic heterocycles. The van der Waals surface area contributed by atoms with Crippen LogP contribution in [0.3, 0.4) is 0 Å². The summed E-state index contributed by atoms with van der Waals surface area (Å²) in [6.07, 6.45) is 2.48. The Labute approximate surface area is 188 Å². The molecule has 166 valence electrons. The Morgan fingerprint density at radius 3 is 2.45 bits per heavy atom. The standard InChI is InChI=1S/C23H30ClN5O2/c1-16-21(24)17(2)29(26-16)13-6-12-25-22(30)20-11-14-28(27-20)15-31-19-9-7-18(8-10-19)23(3,4)5/h7-11,14H,6,12-13,15H2,1-5H3,(H,25,30). The van der Waals surface area contributed by atoms with E-state index in [0.717, 1.165) is 23.6 Å². The number of carbonyl (C=O) groups is 1. The first-order valence-electron chi connectivity index (χ1n) is 10.4. The molecule has 0 fully saturated rings. The van der Waals surface area contributed by atoms with E-state index in [-0.39, 0.29) is 18.1 Å². The fourth-order valence-electron chi connectivity index (χ4n) is 3.16. The third-order valence-corrected chi connectivity index (χ3v) is 5.63. The van der Waals surface area contributed by atoms with Crippen molar-refractivity contribution in [3.05, 3.63) is 64.2 Å². The molecular weight excluding hydrogens is 414 g/mol. The summed E-state index contributed by atoms with van der Waals surface area (Å²) in [7, 11) is 0. The molecule has 0 spiro atoms. The van der Waals surface area contributed by atoms with Crippen LogP contribution >= 0.6 is 11.6 Å². The van der Waals surface area contributed by atoms with Gasteiger partial charge in [-0.2, -0.15) is 10.2 Å². The van der Waals surface area contributed by atoms with E-state index in [1.807, 2.05) is 30.7 Å². The predicted molar refractivity (Wildman–Crippen MR) is 122 cm³/mol. The molecule has 1 N–H and O–H groups in total. The van der Waals surface area contributed by atoms with Gasteiger partial charge in [-0.15, -0.1) is 0 Å². The summed E-state index contributed by atoms with van der Waals surface area (Å²) in [6.45, 7) is 11.8. The van der Waals surface area contributed by atoms with Crippen LogP contribution in [0.25, 0.3) is 0 Å². The van der Waals surface area contributed by atoms with E-state index >= 15 is 0 Å². The molecule has 0 saturated heterocycles. The van der Waals surface area contributed by atoms with Gasteiger partial charge >= 0.3 is 0 Å². The molecule has 31 heavy (non-hydrogen) atoms. The monoisotopic (exact) mass is 443 g/mol. The molecule has 1 amide bonds. The first kappa shape index (κ1) is 22.9. The molecule has 8 heteroatoms. The van der Waals surface area contributed by atoms with E-state index in [2.05, 4.69) is 48.4 Å². The molecule has 0 atom stereocenters. The molecule has 0 saturated carbocycles. The van der Waals surface area contributed by atoms with Crippen LogP contribution in [-0.2, 0) is 18.7 Å². The summed E-state index contributed by atoms with van der Waals surface area (Å²) in [5, 5.41) is 12.3. The Morgan fingerprint density at radius 1 is 1.13 bits per heavy atom. The van der Waals surface area contributed by atoms with Gasteiger partial charge in [-0.05, 0) is 49.4 Å². The molecule has 2 heterocycles. The van der Waals surface area contributed by atoms with Crippen molar-refractivity contribution in [2.45, 2.75) is 59.7 Å². The van der Waals surface area contributed by atoms with Gasteiger partial charge in [-0.1, -0.05) is 44.5 Å². The number of aromatic nitrogens is 4. The molecule has 0 unspecified atom stereocenters. The Hall–Kier alpha value is -2.80. The summed E-state index contributed by atoms with van der Waals surface area (Å²) >= 11 is 6.16. The predicted octanol–water partition coefficient (Wildman–Crippen LogP) is 4.50. The SMILES string of the molecule is Cc1nn(CCCNC(=O)c2ccn(COc3ccc(C(C)(C)C)cc3)n2)c(C)c1Cl. The van der Waals surface area contributed by atoms with Gasteiger partial charge in [0.05, 0.1) is 16.4 Å². The van der Waals surface area contributed by atoms with Gasteiger partial charge in [0.1, 0.15) is 11.4 Å². The highest BCUT2D eigenvalue weighted by molar-refractivity contribution is 6.31. The maximum Gasteiger partial charge on any atom is 0.271 e. The number of ether oxygens (including phenoxy) is 1. The van der Waals surface area contributed by atoms with Crippen molar-refractivity contribution in [2.24, 2.45) is 0 Å². The fraction of sp³-hybridized carbons (Fsp3) is 0.435. The lowest BCUT2D eigenvalue weighted by Gasteiger charge is -2.19. The number of nitrogens with one attached hydrogen (secondary N) is 1. The summed E-state index contributed by atoms with van der Waals surface area (Å²) in [5.74, 6) is 0.554. The topological polar surface area (TPSA) is 74.0 Å². The second-order valence-electron chi connectivity index (χ2n) is 8.61. The molecular formula is C23H30ClN5O2. The Morgan fingerprint density at radius 2 is 1.84 bits per heavy atom.